The molecule has 0 aliphatic carbocycles. The molecule has 1 amide bonds. The number of amides is 1. The molecule has 0 aromatic carbocycles. The minimum absolute atomic E-state index is 0.00370. The highest BCUT2D eigenvalue weighted by atomic mass is 16.2. The van der Waals surface area contributed by atoms with Crippen molar-refractivity contribution < 1.29 is 4.79 Å². The molecule has 0 aromatic rings. The Hall–Kier alpha value is -1.79. The van der Waals surface area contributed by atoms with Crippen LogP contribution in [0.3, 0.4) is 0 Å². The average molecular weight is 138 g/mol. The highest BCUT2D eigenvalue weighted by Crippen LogP contribution is 2.08. The lowest BCUT2D eigenvalue weighted by Crippen LogP contribution is -1.88. The van der Waals surface area contributed by atoms with E-state index in [1.807, 2.05) is 0 Å². The minimum atomic E-state index is -0.563. The predicted octanol–water partition coefficient (Wildman–Crippen LogP) is 1.22. The van der Waals surface area contributed by atoms with Crippen LogP contribution in [0.25, 0.3) is 0 Å². The summed E-state index contributed by atoms with van der Waals surface area (Å²) in [6.07, 6.45) is 1.15. The Balaban J connectivity index is 2.69. The topological polar surface area (TPSA) is 103 Å². The molecular formula is C3H2N6O. The van der Waals surface area contributed by atoms with Gasteiger partial charge < -0.3 is 0 Å². The SMILES string of the molecule is N=NN=NC1=CN=NC1=O. The van der Waals surface area contributed by atoms with Crippen molar-refractivity contribution in [3.63, 3.8) is 0 Å². The van der Waals surface area contributed by atoms with Crippen LogP contribution in [0.15, 0.2) is 37.7 Å². The number of rotatable bonds is 2. The standard InChI is InChI=1S/C3H2N6O/c4-8-9-6-2-1-5-7-3(2)10/h1,4H. The number of nitrogens with one attached hydrogen (secondary N) is 1. The van der Waals surface area contributed by atoms with Gasteiger partial charge in [-0.15, -0.1) is 10.2 Å². The van der Waals surface area contributed by atoms with Crippen LogP contribution in [0.4, 0.5) is 0 Å². The maximum Gasteiger partial charge on any atom is 0.317 e. The van der Waals surface area contributed by atoms with E-state index in [0.29, 0.717) is 0 Å². The predicted molar refractivity (Wildman–Crippen MR) is 27.9 cm³/mol. The second-order valence-electron chi connectivity index (χ2n) is 1.32. The Morgan fingerprint density at radius 3 is 2.90 bits per heavy atom. The van der Waals surface area contributed by atoms with Crippen LogP contribution in [0.2, 0.25) is 0 Å². The fourth-order valence-electron chi connectivity index (χ4n) is 0.382. The van der Waals surface area contributed by atoms with Gasteiger partial charge in [0, 0.05) is 0 Å². The van der Waals surface area contributed by atoms with Crippen LogP contribution in [-0.2, 0) is 4.79 Å². The number of carbonyl (C=O) groups is 1. The normalized spacial score (nSPS) is 16.4. The second kappa shape index (κ2) is 2.67. The quantitative estimate of drug-likeness (QED) is 0.449. The smallest absolute Gasteiger partial charge is 0.263 e. The number of azo groups is 1. The van der Waals surface area contributed by atoms with Gasteiger partial charge in [-0.3, -0.25) is 4.79 Å². The van der Waals surface area contributed by atoms with E-state index in [1.54, 1.807) is 0 Å². The summed E-state index contributed by atoms with van der Waals surface area (Å²) in [5.74, 6) is -0.563. The van der Waals surface area contributed by atoms with Crippen LogP contribution in [0, 0.1) is 5.53 Å². The molecule has 7 heteroatoms. The average Bonchev–Trinajstić information content (AvgIpc) is 2.31. The van der Waals surface area contributed by atoms with Crippen LogP contribution in [0.1, 0.15) is 0 Å². The molecule has 0 fully saturated rings. The van der Waals surface area contributed by atoms with Gasteiger partial charge in [-0.25, -0.2) is 0 Å². The van der Waals surface area contributed by atoms with Crippen molar-refractivity contribution in [3.8, 4) is 0 Å². The maximum absolute atomic E-state index is 10.5. The molecule has 0 saturated heterocycles. The van der Waals surface area contributed by atoms with Crippen LogP contribution < -0.4 is 0 Å². The third-order valence-electron chi connectivity index (χ3n) is 0.745. The van der Waals surface area contributed by atoms with Gasteiger partial charge in [-0.05, 0) is 10.4 Å². The molecule has 0 saturated carbocycles. The van der Waals surface area contributed by atoms with E-state index in [-0.39, 0.29) is 5.70 Å². The minimum Gasteiger partial charge on any atom is -0.263 e. The molecule has 0 bridgehead atoms. The second-order valence-corrected chi connectivity index (χ2v) is 1.32. The fourth-order valence-corrected chi connectivity index (χ4v) is 0.382. The summed E-state index contributed by atoms with van der Waals surface area (Å²) in [5, 5.41) is 15.1. The van der Waals surface area contributed by atoms with E-state index < -0.39 is 5.91 Å². The highest BCUT2D eigenvalue weighted by Gasteiger charge is 2.11. The summed E-state index contributed by atoms with van der Waals surface area (Å²) in [7, 11) is 0. The zero-order chi connectivity index (χ0) is 7.40. The summed E-state index contributed by atoms with van der Waals surface area (Å²) in [6.45, 7) is 0. The molecule has 0 aromatic heterocycles. The van der Waals surface area contributed by atoms with Gasteiger partial charge in [0.05, 0.1) is 6.20 Å². The summed E-state index contributed by atoms with van der Waals surface area (Å²) in [6, 6.07) is 0. The summed E-state index contributed by atoms with van der Waals surface area (Å²) in [5.41, 5.74) is 6.19. The van der Waals surface area contributed by atoms with Crippen molar-refractivity contribution in [1.29, 1.82) is 5.53 Å². The highest BCUT2D eigenvalue weighted by molar-refractivity contribution is 5.94. The van der Waals surface area contributed by atoms with E-state index in [2.05, 4.69) is 25.8 Å². The molecule has 0 unspecified atom stereocenters. The Kier molecular flexibility index (Phi) is 1.69. The Morgan fingerprint density at radius 1 is 1.60 bits per heavy atom. The first-order valence-corrected chi connectivity index (χ1v) is 2.27. The van der Waals surface area contributed by atoms with Gasteiger partial charge in [0.25, 0.3) is 0 Å². The number of hydrogen-bond acceptors (Lipinski definition) is 4. The molecule has 1 aliphatic heterocycles. The van der Waals surface area contributed by atoms with Crippen molar-refractivity contribution in [2.75, 3.05) is 0 Å². The van der Waals surface area contributed by atoms with E-state index in [0.717, 1.165) is 6.20 Å². The molecule has 1 aliphatic rings. The van der Waals surface area contributed by atoms with Crippen molar-refractivity contribution >= 4 is 5.91 Å². The van der Waals surface area contributed by atoms with Crippen molar-refractivity contribution in [2.24, 2.45) is 25.8 Å². The monoisotopic (exact) mass is 138 g/mol. The molecule has 0 spiro atoms. The number of carbonyl (C=O) groups excluding carboxylic acids is 1. The van der Waals surface area contributed by atoms with Crippen molar-refractivity contribution in [2.45, 2.75) is 0 Å². The summed E-state index contributed by atoms with van der Waals surface area (Å²) in [4.78, 5) is 10.5. The zero-order valence-corrected chi connectivity index (χ0v) is 4.72. The zero-order valence-electron chi connectivity index (χ0n) is 4.72. The van der Waals surface area contributed by atoms with E-state index >= 15 is 0 Å². The first kappa shape index (κ1) is 6.33. The molecular weight excluding hydrogens is 136 g/mol. The molecule has 7 nitrogen and oxygen atoms in total. The Labute approximate surface area is 55.0 Å². The van der Waals surface area contributed by atoms with Crippen molar-refractivity contribution in [3.05, 3.63) is 11.9 Å². The lowest BCUT2D eigenvalue weighted by atomic mass is 10.5. The van der Waals surface area contributed by atoms with E-state index in [9.17, 15) is 4.79 Å². The largest absolute Gasteiger partial charge is 0.317 e. The van der Waals surface area contributed by atoms with Gasteiger partial charge in [0.1, 0.15) is 0 Å². The van der Waals surface area contributed by atoms with Gasteiger partial charge in [-0.2, -0.15) is 10.6 Å². The van der Waals surface area contributed by atoms with Crippen molar-refractivity contribution in [1.82, 2.24) is 0 Å². The lowest BCUT2D eigenvalue weighted by Gasteiger charge is -1.78. The lowest BCUT2D eigenvalue weighted by molar-refractivity contribution is -0.114. The first-order valence-electron chi connectivity index (χ1n) is 2.27. The number of nitrogens with zero attached hydrogens (tertiary/aromatic N) is 5. The maximum atomic E-state index is 10.5. The van der Waals surface area contributed by atoms with Crippen LogP contribution in [0.5, 0.6) is 0 Å². The summed E-state index contributed by atoms with van der Waals surface area (Å²) < 4.78 is 0. The third kappa shape index (κ3) is 1.13. The first-order chi connectivity index (χ1) is 4.84. The number of hydrogen-bond donors (Lipinski definition) is 1. The molecule has 10 heavy (non-hydrogen) atoms. The molecule has 0 radical (unpaired) electrons. The van der Waals surface area contributed by atoms with Gasteiger partial charge >= 0.3 is 5.91 Å². The Morgan fingerprint density at radius 2 is 2.40 bits per heavy atom. The van der Waals surface area contributed by atoms with Crippen LogP contribution in [-0.4, -0.2) is 5.91 Å². The van der Waals surface area contributed by atoms with Gasteiger partial charge in [0.15, 0.2) is 5.70 Å². The Bertz CT molecular complexity index is 250. The molecule has 0 atom stereocenters. The molecule has 1 rings (SSSR count). The van der Waals surface area contributed by atoms with Crippen LogP contribution >= 0.6 is 0 Å². The van der Waals surface area contributed by atoms with Gasteiger partial charge in [-0.1, -0.05) is 0 Å². The third-order valence-corrected chi connectivity index (χ3v) is 0.745. The van der Waals surface area contributed by atoms with E-state index in [1.165, 1.54) is 0 Å². The molecule has 50 valence electrons. The van der Waals surface area contributed by atoms with E-state index in [4.69, 9.17) is 5.53 Å². The summed E-state index contributed by atoms with van der Waals surface area (Å²) >= 11 is 0. The van der Waals surface area contributed by atoms with Gasteiger partial charge in [0.2, 0.25) is 0 Å². The molecule has 1 heterocycles. The molecule has 1 N–H and O–H groups in total. The fraction of sp³-hybridized carbons (Fsp3) is 0.